The van der Waals surface area contributed by atoms with Gasteiger partial charge in [0.15, 0.2) is 5.96 Å². The van der Waals surface area contributed by atoms with E-state index in [0.29, 0.717) is 4.75 Å². The molecule has 2 aliphatic heterocycles. The van der Waals surface area contributed by atoms with Crippen LogP contribution in [0.1, 0.15) is 39.5 Å². The van der Waals surface area contributed by atoms with Gasteiger partial charge in [-0.2, -0.15) is 11.8 Å². The number of hydrogen-bond donors (Lipinski definition) is 2. The summed E-state index contributed by atoms with van der Waals surface area (Å²) in [6.45, 7) is 9.85. The van der Waals surface area contributed by atoms with Crippen LogP contribution in [0.3, 0.4) is 0 Å². The van der Waals surface area contributed by atoms with Crippen LogP contribution in [0.2, 0.25) is 0 Å². The second-order valence-electron chi connectivity index (χ2n) is 6.75. The van der Waals surface area contributed by atoms with E-state index in [1.807, 2.05) is 0 Å². The Hall–Kier alpha value is 0.310. The van der Waals surface area contributed by atoms with Crippen LogP contribution in [0.5, 0.6) is 0 Å². The van der Waals surface area contributed by atoms with Crippen molar-refractivity contribution in [3.05, 3.63) is 0 Å². The molecule has 2 rings (SSSR count). The Morgan fingerprint density at radius 3 is 2.82 bits per heavy atom. The second-order valence-corrected chi connectivity index (χ2v) is 8.43. The van der Waals surface area contributed by atoms with Crippen LogP contribution in [0.25, 0.3) is 0 Å². The number of likely N-dealkylation sites (tertiary alicyclic amines) is 1. The van der Waals surface area contributed by atoms with Gasteiger partial charge >= 0.3 is 0 Å². The molecule has 2 fully saturated rings. The lowest BCUT2D eigenvalue weighted by atomic mass is 9.99. The molecule has 0 aromatic rings. The van der Waals surface area contributed by atoms with E-state index in [1.165, 1.54) is 44.5 Å². The van der Waals surface area contributed by atoms with E-state index in [2.05, 4.69) is 48.2 Å². The Labute approximate surface area is 157 Å². The van der Waals surface area contributed by atoms with Crippen LogP contribution in [-0.4, -0.2) is 61.1 Å². The minimum atomic E-state index is 0. The Morgan fingerprint density at radius 2 is 2.18 bits per heavy atom. The summed E-state index contributed by atoms with van der Waals surface area (Å²) >= 11 is 2.08. The lowest BCUT2D eigenvalue weighted by molar-refractivity contribution is 0.210. The zero-order valence-corrected chi connectivity index (χ0v) is 17.5. The first-order valence-corrected chi connectivity index (χ1v) is 9.44. The maximum atomic E-state index is 4.83. The molecular weight excluding hydrogens is 407 g/mol. The summed E-state index contributed by atoms with van der Waals surface area (Å²) < 4.78 is 0.355. The van der Waals surface area contributed by atoms with Crippen LogP contribution >= 0.6 is 35.7 Å². The van der Waals surface area contributed by atoms with Crippen molar-refractivity contribution in [2.24, 2.45) is 10.9 Å². The molecule has 6 heteroatoms. The summed E-state index contributed by atoms with van der Waals surface area (Å²) in [5, 5.41) is 6.95. The SMILES string of the molecule is CCNC(=NCC1(C)CCCS1)NCC1CCCN(C)C1.I. The fourth-order valence-electron chi connectivity index (χ4n) is 3.23. The van der Waals surface area contributed by atoms with E-state index >= 15 is 0 Å². The number of piperidine rings is 1. The molecule has 2 aliphatic rings. The smallest absolute Gasteiger partial charge is 0.191 e. The third-order valence-electron chi connectivity index (χ3n) is 4.50. The van der Waals surface area contributed by atoms with Crippen molar-refractivity contribution < 1.29 is 0 Å². The second kappa shape index (κ2) is 10.2. The van der Waals surface area contributed by atoms with Crippen LogP contribution < -0.4 is 10.6 Å². The highest BCUT2D eigenvalue weighted by molar-refractivity contribution is 14.0. The lowest BCUT2D eigenvalue weighted by Gasteiger charge is -2.30. The molecule has 0 aliphatic carbocycles. The Morgan fingerprint density at radius 1 is 1.36 bits per heavy atom. The lowest BCUT2D eigenvalue weighted by Crippen LogP contribution is -2.44. The van der Waals surface area contributed by atoms with Crippen LogP contribution in [-0.2, 0) is 0 Å². The molecular formula is C16H33IN4S. The van der Waals surface area contributed by atoms with Gasteiger partial charge in [0.05, 0.1) is 6.54 Å². The first kappa shape index (κ1) is 20.4. The average molecular weight is 440 g/mol. The van der Waals surface area contributed by atoms with Gasteiger partial charge in [-0.3, -0.25) is 4.99 Å². The molecule has 2 atom stereocenters. The average Bonchev–Trinajstić information content (AvgIpc) is 2.89. The van der Waals surface area contributed by atoms with Gasteiger partial charge < -0.3 is 15.5 Å². The minimum absolute atomic E-state index is 0. The van der Waals surface area contributed by atoms with Crippen molar-refractivity contribution in [1.29, 1.82) is 0 Å². The number of rotatable bonds is 5. The van der Waals surface area contributed by atoms with Crippen LogP contribution in [0.15, 0.2) is 4.99 Å². The molecule has 0 bridgehead atoms. The van der Waals surface area contributed by atoms with E-state index in [-0.39, 0.29) is 24.0 Å². The minimum Gasteiger partial charge on any atom is -0.357 e. The molecule has 0 spiro atoms. The van der Waals surface area contributed by atoms with Crippen LogP contribution in [0, 0.1) is 5.92 Å². The molecule has 130 valence electrons. The first-order chi connectivity index (χ1) is 10.1. The summed E-state index contributed by atoms with van der Waals surface area (Å²) in [6, 6.07) is 0. The van der Waals surface area contributed by atoms with Crippen molar-refractivity contribution >= 4 is 41.7 Å². The number of nitrogens with one attached hydrogen (secondary N) is 2. The fraction of sp³-hybridized carbons (Fsp3) is 0.938. The normalized spacial score (nSPS) is 30.0. The highest BCUT2D eigenvalue weighted by atomic mass is 127. The zero-order chi connectivity index (χ0) is 15.1. The van der Waals surface area contributed by atoms with Gasteiger partial charge in [-0.1, -0.05) is 0 Å². The number of aliphatic imine (C=N–C) groups is 1. The summed E-state index contributed by atoms with van der Waals surface area (Å²) in [4.78, 5) is 7.27. The van der Waals surface area contributed by atoms with Crippen molar-refractivity contribution in [3.8, 4) is 0 Å². The highest BCUT2D eigenvalue weighted by Crippen LogP contribution is 2.37. The molecule has 2 saturated heterocycles. The monoisotopic (exact) mass is 440 g/mol. The van der Waals surface area contributed by atoms with E-state index < -0.39 is 0 Å². The fourth-order valence-corrected chi connectivity index (χ4v) is 4.46. The maximum absolute atomic E-state index is 4.83. The molecule has 2 unspecified atom stereocenters. The number of guanidine groups is 1. The molecule has 2 N–H and O–H groups in total. The summed E-state index contributed by atoms with van der Waals surface area (Å²) in [5.74, 6) is 3.05. The largest absolute Gasteiger partial charge is 0.357 e. The molecule has 0 aromatic carbocycles. The van der Waals surface area contributed by atoms with E-state index in [9.17, 15) is 0 Å². The van der Waals surface area contributed by atoms with Gasteiger partial charge in [-0.25, -0.2) is 0 Å². The van der Waals surface area contributed by atoms with E-state index in [0.717, 1.165) is 31.5 Å². The Kier molecular flexibility index (Phi) is 9.47. The van der Waals surface area contributed by atoms with Crippen molar-refractivity contribution in [1.82, 2.24) is 15.5 Å². The third-order valence-corrected chi connectivity index (χ3v) is 6.02. The maximum Gasteiger partial charge on any atom is 0.191 e. The molecule has 0 saturated carbocycles. The molecule has 22 heavy (non-hydrogen) atoms. The summed E-state index contributed by atoms with van der Waals surface area (Å²) in [6.07, 6.45) is 5.30. The first-order valence-electron chi connectivity index (χ1n) is 8.46. The van der Waals surface area contributed by atoms with Gasteiger partial charge in [0.1, 0.15) is 0 Å². The van der Waals surface area contributed by atoms with Gasteiger partial charge in [0.25, 0.3) is 0 Å². The molecule has 0 radical (unpaired) electrons. The molecule has 2 heterocycles. The molecule has 0 amide bonds. The predicted molar refractivity (Wildman–Crippen MR) is 110 cm³/mol. The number of thioether (sulfide) groups is 1. The van der Waals surface area contributed by atoms with Gasteiger partial charge in [0.2, 0.25) is 0 Å². The Bertz CT molecular complexity index is 345. The number of hydrogen-bond acceptors (Lipinski definition) is 3. The van der Waals surface area contributed by atoms with Gasteiger partial charge in [0, 0.05) is 24.4 Å². The summed E-state index contributed by atoms with van der Waals surface area (Å²) in [7, 11) is 2.23. The molecule has 4 nitrogen and oxygen atoms in total. The topological polar surface area (TPSA) is 39.7 Å². The highest BCUT2D eigenvalue weighted by Gasteiger charge is 2.29. The number of nitrogens with zero attached hydrogens (tertiary/aromatic N) is 2. The standard InChI is InChI=1S/C16H32N4S.HI/c1-4-17-15(19-13-16(2)8-6-10-21-16)18-11-14-7-5-9-20(3)12-14;/h14H,4-13H2,1-3H3,(H2,17,18,19);1H. The van der Waals surface area contributed by atoms with Gasteiger partial charge in [-0.15, -0.1) is 24.0 Å². The van der Waals surface area contributed by atoms with Crippen molar-refractivity contribution in [2.75, 3.05) is 45.5 Å². The van der Waals surface area contributed by atoms with Gasteiger partial charge in [-0.05, 0) is 64.8 Å². The van der Waals surface area contributed by atoms with Crippen LogP contribution in [0.4, 0.5) is 0 Å². The van der Waals surface area contributed by atoms with E-state index in [1.54, 1.807) is 0 Å². The van der Waals surface area contributed by atoms with Crippen molar-refractivity contribution in [2.45, 2.75) is 44.3 Å². The zero-order valence-electron chi connectivity index (χ0n) is 14.4. The Balaban J connectivity index is 0.00000242. The predicted octanol–water partition coefficient (Wildman–Crippen LogP) is 2.79. The third kappa shape index (κ3) is 6.83. The molecule has 0 aromatic heterocycles. The number of halogens is 1. The quantitative estimate of drug-likeness (QED) is 0.392. The van der Waals surface area contributed by atoms with Crippen molar-refractivity contribution in [3.63, 3.8) is 0 Å². The van der Waals surface area contributed by atoms with E-state index in [4.69, 9.17) is 4.99 Å². The summed E-state index contributed by atoms with van der Waals surface area (Å²) in [5.41, 5.74) is 0.